The van der Waals surface area contributed by atoms with E-state index in [0.29, 0.717) is 0 Å². The number of carbonyl (C=O) groups excluding carboxylic acids is 1. The van der Waals surface area contributed by atoms with Gasteiger partial charge in [-0.2, -0.15) is 0 Å². The van der Waals surface area contributed by atoms with E-state index in [4.69, 9.17) is 0 Å². The average Bonchev–Trinajstić information content (AvgIpc) is 2.51. The summed E-state index contributed by atoms with van der Waals surface area (Å²) in [6.07, 6.45) is 6.04. The van der Waals surface area contributed by atoms with Crippen molar-refractivity contribution in [1.29, 1.82) is 0 Å². The zero-order valence-corrected chi connectivity index (χ0v) is 14.2. The van der Waals surface area contributed by atoms with Gasteiger partial charge in [-0.1, -0.05) is 31.4 Å². The molecule has 0 atom stereocenters. The standard InChI is InChI=1S/C17H23BrN2O/c1-13-6-5-7-14(15(13)18)16(21)20-11-10-19-12-17(20)8-3-2-4-9-17/h5-7,19H,2-4,8-12H2,1H3. The largest absolute Gasteiger partial charge is 0.330 e. The molecule has 1 heterocycles. The molecule has 0 radical (unpaired) electrons. The fraction of sp³-hybridized carbons (Fsp3) is 0.588. The summed E-state index contributed by atoms with van der Waals surface area (Å²) in [4.78, 5) is 15.3. The Balaban J connectivity index is 1.92. The Morgan fingerprint density at radius 3 is 2.81 bits per heavy atom. The van der Waals surface area contributed by atoms with E-state index in [-0.39, 0.29) is 11.4 Å². The molecule has 1 amide bonds. The van der Waals surface area contributed by atoms with Crippen LogP contribution in [0.1, 0.15) is 48.0 Å². The molecule has 1 aliphatic carbocycles. The number of amides is 1. The number of nitrogens with one attached hydrogen (secondary N) is 1. The number of rotatable bonds is 1. The van der Waals surface area contributed by atoms with Crippen molar-refractivity contribution >= 4 is 21.8 Å². The summed E-state index contributed by atoms with van der Waals surface area (Å²) in [5.41, 5.74) is 1.96. The molecule has 1 aliphatic heterocycles. The predicted octanol–water partition coefficient (Wildman–Crippen LogP) is 3.51. The maximum absolute atomic E-state index is 13.1. The molecule has 1 N–H and O–H groups in total. The van der Waals surface area contributed by atoms with E-state index >= 15 is 0 Å². The van der Waals surface area contributed by atoms with Crippen molar-refractivity contribution in [2.45, 2.75) is 44.6 Å². The topological polar surface area (TPSA) is 32.3 Å². The molecule has 114 valence electrons. The number of nitrogens with zero attached hydrogens (tertiary/aromatic N) is 1. The Bertz CT molecular complexity index is 529. The smallest absolute Gasteiger partial charge is 0.255 e. The van der Waals surface area contributed by atoms with Gasteiger partial charge in [-0.3, -0.25) is 4.79 Å². The SMILES string of the molecule is Cc1cccc(C(=O)N2CCNCC23CCCCC3)c1Br. The van der Waals surface area contributed by atoms with Crippen LogP contribution < -0.4 is 5.32 Å². The number of hydrogen-bond donors (Lipinski definition) is 1. The molecule has 1 saturated carbocycles. The van der Waals surface area contributed by atoms with Gasteiger partial charge in [-0.15, -0.1) is 0 Å². The molecule has 1 aromatic rings. The van der Waals surface area contributed by atoms with Crippen LogP contribution in [0.3, 0.4) is 0 Å². The summed E-state index contributed by atoms with van der Waals surface area (Å²) in [5, 5.41) is 3.50. The molecule has 1 aromatic carbocycles. The number of aryl methyl sites for hydroxylation is 1. The summed E-state index contributed by atoms with van der Waals surface area (Å²) in [6, 6.07) is 5.95. The van der Waals surface area contributed by atoms with Gasteiger partial charge in [-0.05, 0) is 47.3 Å². The lowest BCUT2D eigenvalue weighted by Gasteiger charge is -2.50. The van der Waals surface area contributed by atoms with Crippen LogP contribution in [0.5, 0.6) is 0 Å². The van der Waals surface area contributed by atoms with Gasteiger partial charge in [0.25, 0.3) is 5.91 Å². The number of piperazine rings is 1. The molecule has 21 heavy (non-hydrogen) atoms. The molecule has 1 spiro atoms. The third kappa shape index (κ3) is 2.76. The third-order valence-electron chi connectivity index (χ3n) is 4.99. The van der Waals surface area contributed by atoms with E-state index in [9.17, 15) is 4.79 Å². The van der Waals surface area contributed by atoms with Gasteiger partial charge in [0.1, 0.15) is 0 Å². The fourth-order valence-electron chi connectivity index (χ4n) is 3.78. The summed E-state index contributed by atoms with van der Waals surface area (Å²) >= 11 is 3.60. The van der Waals surface area contributed by atoms with E-state index in [1.54, 1.807) is 0 Å². The lowest BCUT2D eigenvalue weighted by atomic mass is 9.78. The van der Waals surface area contributed by atoms with Crippen LogP contribution >= 0.6 is 15.9 Å². The van der Waals surface area contributed by atoms with Crippen LogP contribution in [-0.4, -0.2) is 36.0 Å². The maximum Gasteiger partial charge on any atom is 0.255 e. The van der Waals surface area contributed by atoms with Crippen LogP contribution in [0.15, 0.2) is 22.7 Å². The fourth-order valence-corrected chi connectivity index (χ4v) is 4.21. The highest BCUT2D eigenvalue weighted by Crippen LogP contribution is 2.36. The normalized spacial score (nSPS) is 21.5. The lowest BCUT2D eigenvalue weighted by molar-refractivity contribution is 0.0222. The Hall–Kier alpha value is -0.870. The molecule has 3 nitrogen and oxygen atoms in total. The molecule has 2 fully saturated rings. The highest BCUT2D eigenvalue weighted by Gasteiger charge is 2.42. The minimum Gasteiger partial charge on any atom is -0.330 e. The third-order valence-corrected chi connectivity index (χ3v) is 6.04. The van der Waals surface area contributed by atoms with Crippen molar-refractivity contribution in [2.75, 3.05) is 19.6 Å². The molecule has 0 aromatic heterocycles. The van der Waals surface area contributed by atoms with Gasteiger partial charge in [0.15, 0.2) is 0 Å². The van der Waals surface area contributed by atoms with E-state index in [2.05, 4.69) is 26.1 Å². The van der Waals surface area contributed by atoms with Gasteiger partial charge < -0.3 is 10.2 Å². The van der Waals surface area contributed by atoms with Crippen LogP contribution in [0.4, 0.5) is 0 Å². The van der Waals surface area contributed by atoms with Gasteiger partial charge in [-0.25, -0.2) is 0 Å². The highest BCUT2D eigenvalue weighted by molar-refractivity contribution is 9.10. The number of halogens is 1. The summed E-state index contributed by atoms with van der Waals surface area (Å²) in [5.74, 6) is 0.189. The first-order valence-electron chi connectivity index (χ1n) is 7.92. The van der Waals surface area contributed by atoms with Gasteiger partial charge in [0.2, 0.25) is 0 Å². The van der Waals surface area contributed by atoms with E-state index in [1.165, 1.54) is 19.3 Å². The zero-order chi connectivity index (χ0) is 14.9. The summed E-state index contributed by atoms with van der Waals surface area (Å²) < 4.78 is 0.944. The van der Waals surface area contributed by atoms with Crippen LogP contribution in [0.25, 0.3) is 0 Å². The lowest BCUT2D eigenvalue weighted by Crippen LogP contribution is -2.63. The summed E-state index contributed by atoms with van der Waals surface area (Å²) in [6.45, 7) is 4.70. The molecular formula is C17H23BrN2O. The monoisotopic (exact) mass is 350 g/mol. The van der Waals surface area contributed by atoms with E-state index < -0.39 is 0 Å². The zero-order valence-electron chi connectivity index (χ0n) is 12.6. The van der Waals surface area contributed by atoms with Crippen molar-refractivity contribution in [3.05, 3.63) is 33.8 Å². The van der Waals surface area contributed by atoms with Crippen molar-refractivity contribution in [1.82, 2.24) is 10.2 Å². The molecule has 4 heteroatoms. The Kier molecular flexibility index (Phi) is 4.36. The van der Waals surface area contributed by atoms with Gasteiger partial charge in [0, 0.05) is 24.1 Å². The Morgan fingerprint density at radius 1 is 1.29 bits per heavy atom. The van der Waals surface area contributed by atoms with Crippen molar-refractivity contribution in [2.24, 2.45) is 0 Å². The van der Waals surface area contributed by atoms with Gasteiger partial charge in [0.05, 0.1) is 11.1 Å². The first kappa shape index (κ1) is 15.0. The molecule has 3 rings (SSSR count). The molecular weight excluding hydrogens is 328 g/mol. The molecule has 0 unspecified atom stereocenters. The van der Waals surface area contributed by atoms with Crippen LogP contribution in [0, 0.1) is 6.92 Å². The quantitative estimate of drug-likeness (QED) is 0.840. The second-order valence-electron chi connectivity index (χ2n) is 6.36. The number of hydrogen-bond acceptors (Lipinski definition) is 2. The minimum atomic E-state index is 0.0385. The first-order valence-corrected chi connectivity index (χ1v) is 8.71. The maximum atomic E-state index is 13.1. The molecule has 2 aliphatic rings. The van der Waals surface area contributed by atoms with Crippen molar-refractivity contribution < 1.29 is 4.79 Å². The second-order valence-corrected chi connectivity index (χ2v) is 7.15. The molecule has 1 saturated heterocycles. The Morgan fingerprint density at radius 2 is 2.05 bits per heavy atom. The van der Waals surface area contributed by atoms with Crippen molar-refractivity contribution in [3.63, 3.8) is 0 Å². The minimum absolute atomic E-state index is 0.0385. The van der Waals surface area contributed by atoms with Crippen LogP contribution in [-0.2, 0) is 0 Å². The van der Waals surface area contributed by atoms with E-state index in [0.717, 1.165) is 48.1 Å². The predicted molar refractivity (Wildman–Crippen MR) is 88.6 cm³/mol. The van der Waals surface area contributed by atoms with E-state index in [1.807, 2.05) is 25.1 Å². The number of carbonyl (C=O) groups is 1. The average molecular weight is 351 g/mol. The second kappa shape index (κ2) is 6.09. The van der Waals surface area contributed by atoms with Crippen molar-refractivity contribution in [3.8, 4) is 0 Å². The van der Waals surface area contributed by atoms with Gasteiger partial charge >= 0.3 is 0 Å². The highest BCUT2D eigenvalue weighted by atomic mass is 79.9. The summed E-state index contributed by atoms with van der Waals surface area (Å²) in [7, 11) is 0. The number of benzene rings is 1. The van der Waals surface area contributed by atoms with Crippen LogP contribution in [0.2, 0.25) is 0 Å². The Labute approximate surface area is 135 Å². The molecule has 0 bridgehead atoms. The first-order chi connectivity index (χ1) is 10.1.